The Kier molecular flexibility index (Phi) is 4.19. The van der Waals surface area contributed by atoms with Crippen LogP contribution in [0.2, 0.25) is 0 Å². The highest BCUT2D eigenvalue weighted by Gasteiger charge is 2.13. The highest BCUT2D eigenvalue weighted by Crippen LogP contribution is 2.28. The van der Waals surface area contributed by atoms with E-state index in [0.717, 1.165) is 26.7 Å². The average Bonchev–Trinajstić information content (AvgIpc) is 3.08. The van der Waals surface area contributed by atoms with E-state index in [0.29, 0.717) is 5.56 Å². The van der Waals surface area contributed by atoms with Crippen LogP contribution < -0.4 is 5.32 Å². The summed E-state index contributed by atoms with van der Waals surface area (Å²) in [6, 6.07) is 9.35. The maximum absolute atomic E-state index is 12.2. The van der Waals surface area contributed by atoms with Crippen molar-refractivity contribution < 1.29 is 9.90 Å². The van der Waals surface area contributed by atoms with E-state index >= 15 is 0 Å². The summed E-state index contributed by atoms with van der Waals surface area (Å²) in [4.78, 5) is 16.8. The molecule has 0 spiro atoms. The predicted octanol–water partition coefficient (Wildman–Crippen LogP) is 2.81. The van der Waals surface area contributed by atoms with E-state index in [2.05, 4.69) is 27.0 Å². The SMILES string of the molecule is Cc1ccc(C)n1-c1nc2ccc(C(=O)N[C@@H](C)CO)cc2s1. The molecule has 1 atom stereocenters. The molecule has 6 heteroatoms. The van der Waals surface area contributed by atoms with E-state index in [1.54, 1.807) is 24.3 Å². The van der Waals surface area contributed by atoms with Gasteiger partial charge in [0.1, 0.15) is 0 Å². The second-order valence-corrected chi connectivity index (χ2v) is 6.70. The molecule has 2 aromatic heterocycles. The molecular formula is C17H19N3O2S. The highest BCUT2D eigenvalue weighted by atomic mass is 32.1. The van der Waals surface area contributed by atoms with Gasteiger partial charge in [-0.25, -0.2) is 4.98 Å². The number of carbonyl (C=O) groups excluding carboxylic acids is 1. The molecule has 0 radical (unpaired) electrons. The number of aromatic nitrogens is 2. The molecule has 1 amide bonds. The van der Waals surface area contributed by atoms with Crippen LogP contribution in [0.3, 0.4) is 0 Å². The summed E-state index contributed by atoms with van der Waals surface area (Å²) in [5.74, 6) is -0.184. The molecule has 0 aliphatic carbocycles. The Morgan fingerprint density at radius 3 is 2.65 bits per heavy atom. The van der Waals surface area contributed by atoms with Crippen molar-refractivity contribution in [1.29, 1.82) is 0 Å². The molecule has 0 saturated carbocycles. The standard InChI is InChI=1S/C17H19N3O2S/c1-10(9-21)18-16(22)13-6-7-14-15(8-13)23-17(19-14)20-11(2)4-5-12(20)3/h4-8,10,21H,9H2,1-3H3,(H,18,22)/t10-/m0/s1. The zero-order valence-electron chi connectivity index (χ0n) is 13.3. The summed E-state index contributed by atoms with van der Waals surface area (Å²) in [7, 11) is 0. The molecule has 3 aromatic rings. The summed E-state index contributed by atoms with van der Waals surface area (Å²) in [5.41, 5.74) is 3.73. The van der Waals surface area contributed by atoms with Gasteiger partial charge in [0.15, 0.2) is 5.13 Å². The lowest BCUT2D eigenvalue weighted by molar-refractivity contribution is 0.0922. The number of hydrogen-bond donors (Lipinski definition) is 2. The van der Waals surface area contributed by atoms with E-state index in [1.807, 2.05) is 26.0 Å². The molecule has 1 aromatic carbocycles. The number of carbonyl (C=O) groups is 1. The molecule has 0 aliphatic heterocycles. The molecule has 120 valence electrons. The summed E-state index contributed by atoms with van der Waals surface area (Å²) < 4.78 is 3.08. The lowest BCUT2D eigenvalue weighted by Gasteiger charge is -2.10. The number of aryl methyl sites for hydroxylation is 2. The third-order valence-electron chi connectivity index (χ3n) is 3.75. The van der Waals surface area contributed by atoms with Crippen LogP contribution in [-0.2, 0) is 0 Å². The monoisotopic (exact) mass is 329 g/mol. The minimum Gasteiger partial charge on any atom is -0.394 e. The van der Waals surface area contributed by atoms with Gasteiger partial charge in [-0.2, -0.15) is 0 Å². The zero-order chi connectivity index (χ0) is 16.6. The van der Waals surface area contributed by atoms with E-state index in [1.165, 1.54) is 0 Å². The van der Waals surface area contributed by atoms with E-state index < -0.39 is 0 Å². The van der Waals surface area contributed by atoms with Crippen molar-refractivity contribution in [2.45, 2.75) is 26.8 Å². The average molecular weight is 329 g/mol. The van der Waals surface area contributed by atoms with Crippen LogP contribution in [0.25, 0.3) is 15.3 Å². The normalized spacial score (nSPS) is 12.5. The van der Waals surface area contributed by atoms with Crippen molar-refractivity contribution in [3.05, 3.63) is 47.3 Å². The molecule has 2 N–H and O–H groups in total. The van der Waals surface area contributed by atoms with Crippen LogP contribution in [-0.4, -0.2) is 33.2 Å². The second kappa shape index (κ2) is 6.14. The first-order valence-corrected chi connectivity index (χ1v) is 8.29. The van der Waals surface area contributed by atoms with Crippen LogP contribution in [0.15, 0.2) is 30.3 Å². The van der Waals surface area contributed by atoms with Gasteiger partial charge in [0.2, 0.25) is 0 Å². The van der Waals surface area contributed by atoms with Gasteiger partial charge in [-0.05, 0) is 51.1 Å². The van der Waals surface area contributed by atoms with Gasteiger partial charge in [-0.15, -0.1) is 0 Å². The van der Waals surface area contributed by atoms with Crippen molar-refractivity contribution in [3.63, 3.8) is 0 Å². The summed E-state index contributed by atoms with van der Waals surface area (Å²) >= 11 is 1.56. The lowest BCUT2D eigenvalue weighted by atomic mass is 10.2. The molecule has 0 bridgehead atoms. The van der Waals surface area contributed by atoms with Crippen LogP contribution in [0.5, 0.6) is 0 Å². The molecule has 2 heterocycles. The van der Waals surface area contributed by atoms with Gasteiger partial charge in [-0.3, -0.25) is 9.36 Å². The number of aliphatic hydroxyl groups excluding tert-OH is 1. The fourth-order valence-electron chi connectivity index (χ4n) is 2.47. The van der Waals surface area contributed by atoms with E-state index in [-0.39, 0.29) is 18.6 Å². The van der Waals surface area contributed by atoms with E-state index in [4.69, 9.17) is 5.11 Å². The predicted molar refractivity (Wildman–Crippen MR) is 92.4 cm³/mol. The Morgan fingerprint density at radius 1 is 1.30 bits per heavy atom. The summed E-state index contributed by atoms with van der Waals surface area (Å²) in [6.45, 7) is 5.78. The van der Waals surface area contributed by atoms with Gasteiger partial charge < -0.3 is 10.4 Å². The molecule has 0 unspecified atom stereocenters. The maximum Gasteiger partial charge on any atom is 0.251 e. The van der Waals surface area contributed by atoms with Crippen molar-refractivity contribution in [3.8, 4) is 5.13 Å². The number of hydrogen-bond acceptors (Lipinski definition) is 4. The van der Waals surface area contributed by atoms with Crippen LogP contribution in [0, 0.1) is 13.8 Å². The Balaban J connectivity index is 1.97. The van der Waals surface area contributed by atoms with Gasteiger partial charge in [0, 0.05) is 23.0 Å². The number of nitrogens with zero attached hydrogens (tertiary/aromatic N) is 2. The van der Waals surface area contributed by atoms with Crippen molar-refractivity contribution in [2.24, 2.45) is 0 Å². The Bertz CT molecular complexity index is 846. The number of nitrogens with one attached hydrogen (secondary N) is 1. The van der Waals surface area contributed by atoms with Gasteiger partial charge in [0.25, 0.3) is 5.91 Å². The smallest absolute Gasteiger partial charge is 0.251 e. The molecule has 0 fully saturated rings. The van der Waals surface area contributed by atoms with Crippen molar-refractivity contribution >= 4 is 27.5 Å². The topological polar surface area (TPSA) is 67.2 Å². The Morgan fingerprint density at radius 2 is 2.00 bits per heavy atom. The lowest BCUT2D eigenvalue weighted by Crippen LogP contribution is -2.34. The minimum atomic E-state index is -0.264. The van der Waals surface area contributed by atoms with Gasteiger partial charge >= 0.3 is 0 Å². The van der Waals surface area contributed by atoms with E-state index in [9.17, 15) is 4.79 Å². The van der Waals surface area contributed by atoms with Crippen LogP contribution in [0.1, 0.15) is 28.7 Å². The zero-order valence-corrected chi connectivity index (χ0v) is 14.1. The number of amides is 1. The number of thiazole rings is 1. The summed E-state index contributed by atoms with van der Waals surface area (Å²) in [6.07, 6.45) is 0. The molecule has 0 aliphatic rings. The third kappa shape index (κ3) is 3.00. The first-order chi connectivity index (χ1) is 11.0. The first kappa shape index (κ1) is 15.7. The molecule has 0 saturated heterocycles. The van der Waals surface area contributed by atoms with Crippen molar-refractivity contribution in [1.82, 2.24) is 14.9 Å². The Hall–Kier alpha value is -2.18. The molecular weight excluding hydrogens is 310 g/mol. The Labute approximate surface area is 138 Å². The fourth-order valence-corrected chi connectivity index (χ4v) is 3.60. The van der Waals surface area contributed by atoms with Crippen LogP contribution >= 0.6 is 11.3 Å². The first-order valence-electron chi connectivity index (χ1n) is 7.47. The second-order valence-electron chi connectivity index (χ2n) is 5.69. The minimum absolute atomic E-state index is 0.0785. The fraction of sp³-hybridized carbons (Fsp3) is 0.294. The number of rotatable bonds is 4. The number of aliphatic hydroxyl groups is 1. The quantitative estimate of drug-likeness (QED) is 0.773. The maximum atomic E-state index is 12.2. The number of fused-ring (bicyclic) bond motifs is 1. The number of benzene rings is 1. The largest absolute Gasteiger partial charge is 0.394 e. The van der Waals surface area contributed by atoms with Gasteiger partial charge in [0.05, 0.1) is 16.8 Å². The van der Waals surface area contributed by atoms with Crippen LogP contribution in [0.4, 0.5) is 0 Å². The van der Waals surface area contributed by atoms with Crippen molar-refractivity contribution in [2.75, 3.05) is 6.61 Å². The van der Waals surface area contributed by atoms with Gasteiger partial charge in [-0.1, -0.05) is 11.3 Å². The molecule has 3 rings (SSSR count). The highest BCUT2D eigenvalue weighted by molar-refractivity contribution is 7.20. The third-order valence-corrected chi connectivity index (χ3v) is 4.76. The summed E-state index contributed by atoms with van der Waals surface area (Å²) in [5, 5.41) is 12.7. The molecule has 5 nitrogen and oxygen atoms in total. The molecule has 23 heavy (non-hydrogen) atoms.